The molecule has 1 aromatic carbocycles. The van der Waals surface area contributed by atoms with Crippen LogP contribution in [-0.2, 0) is 20.8 Å². The lowest BCUT2D eigenvalue weighted by Gasteiger charge is -2.33. The van der Waals surface area contributed by atoms with Crippen molar-refractivity contribution in [3.63, 3.8) is 0 Å². The third kappa shape index (κ3) is 4.76. The third-order valence-corrected chi connectivity index (χ3v) is 5.31. The van der Waals surface area contributed by atoms with Gasteiger partial charge in [0, 0.05) is 36.4 Å². The minimum atomic E-state index is -0.684. The first-order valence-corrected chi connectivity index (χ1v) is 9.84. The zero-order valence-corrected chi connectivity index (χ0v) is 16.1. The van der Waals surface area contributed by atoms with Crippen molar-refractivity contribution in [3.05, 3.63) is 47.2 Å². The van der Waals surface area contributed by atoms with Crippen molar-refractivity contribution in [2.75, 3.05) is 11.9 Å². The van der Waals surface area contributed by atoms with Crippen molar-refractivity contribution in [1.82, 2.24) is 15.5 Å². The minimum Gasteiger partial charge on any atom is -0.446 e. The Morgan fingerprint density at radius 3 is 2.87 bits per heavy atom. The van der Waals surface area contributed by atoms with Crippen LogP contribution in [0.15, 0.2) is 24.3 Å². The molecular formula is C20H22F2N4O4. The fraction of sp³-hybridized carbons (Fsp3) is 0.450. The Balaban J connectivity index is 1.19. The molecule has 1 saturated heterocycles. The summed E-state index contributed by atoms with van der Waals surface area (Å²) in [5.41, 5.74) is 0.896. The first-order valence-electron chi connectivity index (χ1n) is 9.84. The largest absolute Gasteiger partial charge is 0.446 e. The molecule has 1 aromatic heterocycles. The van der Waals surface area contributed by atoms with Gasteiger partial charge in [0.25, 0.3) is 5.91 Å². The Labute approximate surface area is 171 Å². The predicted octanol–water partition coefficient (Wildman–Crippen LogP) is 2.98. The van der Waals surface area contributed by atoms with Crippen molar-refractivity contribution < 1.29 is 27.8 Å². The van der Waals surface area contributed by atoms with Gasteiger partial charge in [-0.05, 0) is 43.9 Å². The van der Waals surface area contributed by atoms with Crippen LogP contribution in [0.25, 0.3) is 0 Å². The Morgan fingerprint density at radius 2 is 2.10 bits per heavy atom. The summed E-state index contributed by atoms with van der Waals surface area (Å²) in [6.45, 7) is 0.436. The van der Waals surface area contributed by atoms with Gasteiger partial charge < -0.3 is 20.1 Å². The number of aromatic nitrogens is 2. The molecule has 4 rings (SSSR count). The lowest BCUT2D eigenvalue weighted by atomic mass is 9.80. The molecule has 1 saturated carbocycles. The summed E-state index contributed by atoms with van der Waals surface area (Å²) in [5.74, 6) is -0.808. The molecule has 3 N–H and O–H groups in total. The molecule has 160 valence electrons. The first-order chi connectivity index (χ1) is 14.5. The molecule has 1 aliphatic heterocycles. The lowest BCUT2D eigenvalue weighted by Crippen LogP contribution is -2.36. The van der Waals surface area contributed by atoms with Crippen LogP contribution in [0, 0.1) is 11.6 Å². The summed E-state index contributed by atoms with van der Waals surface area (Å²) in [4.78, 5) is 23.9. The van der Waals surface area contributed by atoms with Crippen molar-refractivity contribution in [2.24, 2.45) is 0 Å². The van der Waals surface area contributed by atoms with Crippen molar-refractivity contribution >= 4 is 17.8 Å². The Bertz CT molecular complexity index is 923. The molecular weight excluding hydrogens is 398 g/mol. The highest BCUT2D eigenvalue weighted by atomic mass is 19.1. The van der Waals surface area contributed by atoms with Gasteiger partial charge >= 0.3 is 6.09 Å². The van der Waals surface area contributed by atoms with E-state index in [1.54, 1.807) is 6.07 Å². The van der Waals surface area contributed by atoms with E-state index in [0.29, 0.717) is 31.7 Å². The molecule has 1 unspecified atom stereocenters. The summed E-state index contributed by atoms with van der Waals surface area (Å²) in [5, 5.41) is 12.2. The highest BCUT2D eigenvalue weighted by Gasteiger charge is 2.35. The number of nitrogens with one attached hydrogen (secondary N) is 3. The van der Waals surface area contributed by atoms with E-state index in [4.69, 9.17) is 9.47 Å². The number of anilines is 1. The van der Waals surface area contributed by atoms with Crippen molar-refractivity contribution in [3.8, 4) is 0 Å². The van der Waals surface area contributed by atoms with Gasteiger partial charge in [-0.25, -0.2) is 13.6 Å². The second-order valence-corrected chi connectivity index (χ2v) is 7.48. The van der Waals surface area contributed by atoms with E-state index in [2.05, 4.69) is 20.8 Å². The Hall–Kier alpha value is -3.01. The summed E-state index contributed by atoms with van der Waals surface area (Å²) < 4.78 is 37.3. The van der Waals surface area contributed by atoms with Crippen LogP contribution in [0.5, 0.6) is 0 Å². The molecule has 2 aromatic rings. The number of aromatic amines is 1. The number of hydrogen-bond donors (Lipinski definition) is 3. The number of hydrogen-bond acceptors (Lipinski definition) is 5. The summed E-state index contributed by atoms with van der Waals surface area (Å²) in [7, 11) is 0. The molecule has 2 heterocycles. The van der Waals surface area contributed by atoms with E-state index < -0.39 is 23.8 Å². The maximum absolute atomic E-state index is 13.6. The smallest absolute Gasteiger partial charge is 0.407 e. The lowest BCUT2D eigenvalue weighted by molar-refractivity contribution is -0.124. The zero-order chi connectivity index (χ0) is 21.1. The number of carbonyl (C=O) groups excluding carboxylic acids is 2. The molecule has 2 amide bonds. The molecule has 1 aliphatic carbocycles. The summed E-state index contributed by atoms with van der Waals surface area (Å²) in [6.07, 6.45) is 1.39. The van der Waals surface area contributed by atoms with E-state index in [-0.39, 0.29) is 30.0 Å². The van der Waals surface area contributed by atoms with Gasteiger partial charge in [-0.3, -0.25) is 9.89 Å². The van der Waals surface area contributed by atoms with Gasteiger partial charge in [0.15, 0.2) is 5.82 Å². The van der Waals surface area contributed by atoms with E-state index >= 15 is 0 Å². The first kappa shape index (κ1) is 20.3. The fourth-order valence-corrected chi connectivity index (χ4v) is 3.56. The Morgan fingerprint density at radius 1 is 1.27 bits per heavy atom. The number of alkyl carbamates (subject to hydrolysis) is 1. The topological polar surface area (TPSA) is 105 Å². The molecule has 0 spiro atoms. The quantitative estimate of drug-likeness (QED) is 0.666. The van der Waals surface area contributed by atoms with Crippen LogP contribution in [0.4, 0.5) is 19.4 Å². The van der Waals surface area contributed by atoms with Gasteiger partial charge in [-0.2, -0.15) is 5.10 Å². The van der Waals surface area contributed by atoms with Gasteiger partial charge in [0.05, 0.1) is 0 Å². The van der Waals surface area contributed by atoms with Crippen LogP contribution >= 0.6 is 0 Å². The number of amides is 2. The van der Waals surface area contributed by atoms with E-state index in [0.717, 1.165) is 30.3 Å². The number of carbonyl (C=O) groups is 2. The van der Waals surface area contributed by atoms with Crippen LogP contribution < -0.4 is 10.6 Å². The normalized spacial score (nSPS) is 22.9. The fourth-order valence-electron chi connectivity index (χ4n) is 3.56. The second kappa shape index (κ2) is 8.78. The number of halogens is 2. The number of rotatable bonds is 6. The number of ether oxygens (including phenoxy) is 2. The number of nitrogens with zero attached hydrogens (tertiary/aromatic N) is 1. The second-order valence-electron chi connectivity index (χ2n) is 7.48. The highest BCUT2D eigenvalue weighted by Crippen LogP contribution is 2.38. The number of benzene rings is 1. The van der Waals surface area contributed by atoms with E-state index in [9.17, 15) is 18.4 Å². The molecule has 2 aliphatic rings. The van der Waals surface area contributed by atoms with Gasteiger partial charge in [-0.15, -0.1) is 0 Å². The minimum absolute atomic E-state index is 0.0495. The number of H-pyrrole nitrogens is 1. The molecule has 2 fully saturated rings. The standard InChI is InChI=1S/C20H22F2N4O4/c21-13-3-4-15(22)12(6-13)10-23-20(28)30-14-7-11(8-14)16-9-18(26-25-16)24-19(27)17-2-1-5-29-17/h3-4,6,9,11,14,17H,1-2,5,7-8,10H2,(H,23,28)(H2,24,25,26,27). The van der Waals surface area contributed by atoms with Crippen LogP contribution in [0.3, 0.4) is 0 Å². The van der Waals surface area contributed by atoms with Gasteiger partial charge in [0.1, 0.15) is 23.8 Å². The monoisotopic (exact) mass is 420 g/mol. The van der Waals surface area contributed by atoms with Crippen molar-refractivity contribution in [2.45, 2.75) is 50.4 Å². The Kier molecular flexibility index (Phi) is 5.93. The molecule has 0 radical (unpaired) electrons. The molecule has 0 bridgehead atoms. The maximum Gasteiger partial charge on any atom is 0.407 e. The summed E-state index contributed by atoms with van der Waals surface area (Å²) in [6, 6.07) is 4.82. The highest BCUT2D eigenvalue weighted by molar-refractivity contribution is 5.93. The molecule has 1 atom stereocenters. The van der Waals surface area contributed by atoms with Gasteiger partial charge in [-0.1, -0.05) is 0 Å². The third-order valence-electron chi connectivity index (χ3n) is 5.31. The average Bonchev–Trinajstić information content (AvgIpc) is 3.37. The summed E-state index contributed by atoms with van der Waals surface area (Å²) >= 11 is 0. The van der Waals surface area contributed by atoms with Crippen LogP contribution in [0.1, 0.15) is 42.9 Å². The maximum atomic E-state index is 13.6. The van der Waals surface area contributed by atoms with Crippen molar-refractivity contribution in [1.29, 1.82) is 0 Å². The average molecular weight is 420 g/mol. The van der Waals surface area contributed by atoms with Crippen LogP contribution in [-0.4, -0.2) is 41.0 Å². The zero-order valence-electron chi connectivity index (χ0n) is 16.1. The SMILES string of the molecule is O=C(NCc1cc(F)ccc1F)OC1CC(c2cc(NC(=O)C3CCCO3)n[nH]2)C1. The molecule has 8 nitrogen and oxygen atoms in total. The van der Waals surface area contributed by atoms with Crippen LogP contribution in [0.2, 0.25) is 0 Å². The van der Waals surface area contributed by atoms with E-state index in [1.807, 2.05) is 0 Å². The molecule has 30 heavy (non-hydrogen) atoms. The molecule has 10 heteroatoms. The van der Waals surface area contributed by atoms with E-state index in [1.165, 1.54) is 0 Å². The predicted molar refractivity (Wildman–Crippen MR) is 102 cm³/mol. The van der Waals surface area contributed by atoms with Gasteiger partial charge in [0.2, 0.25) is 0 Å².